The van der Waals surface area contributed by atoms with Crippen LogP contribution in [0.3, 0.4) is 0 Å². The molecule has 3 heteroatoms. The zero-order chi connectivity index (χ0) is 13.7. The third-order valence-corrected chi connectivity index (χ3v) is 4.73. The van der Waals surface area contributed by atoms with Gasteiger partial charge < -0.3 is 9.73 Å². The van der Waals surface area contributed by atoms with Gasteiger partial charge in [0.15, 0.2) is 0 Å². The van der Waals surface area contributed by atoms with Crippen molar-refractivity contribution in [2.24, 2.45) is 0 Å². The fraction of sp³-hybridized carbons (Fsp3) is 0.750. The quantitative estimate of drug-likeness (QED) is 0.816. The molecular formula is C16H28N2O. The van der Waals surface area contributed by atoms with E-state index in [4.69, 9.17) is 4.42 Å². The maximum Gasteiger partial charge on any atom is 0.122 e. The molecular weight excluding hydrogens is 236 g/mol. The molecule has 1 N–H and O–H groups in total. The van der Waals surface area contributed by atoms with Crippen LogP contribution < -0.4 is 5.32 Å². The van der Waals surface area contributed by atoms with E-state index in [1.54, 1.807) is 6.26 Å². The van der Waals surface area contributed by atoms with E-state index in [0.717, 1.165) is 25.1 Å². The number of likely N-dealkylation sites (N-methyl/N-ethyl adjacent to an activating group) is 1. The Labute approximate surface area is 117 Å². The van der Waals surface area contributed by atoms with Crippen LogP contribution in [-0.2, 0) is 0 Å². The van der Waals surface area contributed by atoms with Crippen LogP contribution in [-0.4, -0.2) is 30.1 Å². The molecule has 1 atom stereocenters. The van der Waals surface area contributed by atoms with Crippen LogP contribution in [0.2, 0.25) is 0 Å². The first-order chi connectivity index (χ1) is 9.28. The summed E-state index contributed by atoms with van der Waals surface area (Å²) in [5.74, 6) is 1.08. The summed E-state index contributed by atoms with van der Waals surface area (Å²) >= 11 is 0. The van der Waals surface area contributed by atoms with Gasteiger partial charge >= 0.3 is 0 Å². The van der Waals surface area contributed by atoms with Gasteiger partial charge in [-0.3, -0.25) is 4.90 Å². The van der Waals surface area contributed by atoms with Gasteiger partial charge in [0.1, 0.15) is 5.76 Å². The van der Waals surface area contributed by atoms with Crippen molar-refractivity contribution < 1.29 is 4.42 Å². The minimum Gasteiger partial charge on any atom is -0.468 e. The van der Waals surface area contributed by atoms with Gasteiger partial charge in [-0.15, -0.1) is 0 Å². The Morgan fingerprint density at radius 1 is 1.26 bits per heavy atom. The molecule has 2 heterocycles. The summed E-state index contributed by atoms with van der Waals surface area (Å²) in [6.07, 6.45) is 6.76. The first kappa shape index (κ1) is 14.6. The van der Waals surface area contributed by atoms with Gasteiger partial charge in [0, 0.05) is 5.54 Å². The average molecular weight is 264 g/mol. The summed E-state index contributed by atoms with van der Waals surface area (Å²) in [6.45, 7) is 10.2. The minimum atomic E-state index is 0.185. The lowest BCUT2D eigenvalue weighted by Gasteiger charge is -2.46. The number of hydrogen-bond acceptors (Lipinski definition) is 3. The standard InChI is InChI=1S/C16H28N2O/c1-4-16(5-2,18-11-7-8-12-18)15(17-6-3)14-10-9-13-19-14/h9-10,13,15,17H,4-8,11-12H2,1-3H3. The Kier molecular flexibility index (Phi) is 5.06. The third kappa shape index (κ3) is 2.72. The number of likely N-dealkylation sites (tertiary alicyclic amines) is 1. The second-order valence-electron chi connectivity index (χ2n) is 5.51. The summed E-state index contributed by atoms with van der Waals surface area (Å²) < 4.78 is 5.73. The molecule has 108 valence electrons. The normalized spacial score (nSPS) is 18.9. The molecule has 19 heavy (non-hydrogen) atoms. The molecule has 0 bridgehead atoms. The molecule has 1 fully saturated rings. The molecule has 0 amide bonds. The zero-order valence-corrected chi connectivity index (χ0v) is 12.6. The van der Waals surface area contributed by atoms with Crippen molar-refractivity contribution in [3.8, 4) is 0 Å². The Hall–Kier alpha value is -0.800. The van der Waals surface area contributed by atoms with Crippen molar-refractivity contribution in [3.63, 3.8) is 0 Å². The topological polar surface area (TPSA) is 28.4 Å². The molecule has 3 nitrogen and oxygen atoms in total. The van der Waals surface area contributed by atoms with Gasteiger partial charge in [-0.25, -0.2) is 0 Å². The molecule has 1 aromatic heterocycles. The minimum absolute atomic E-state index is 0.185. The van der Waals surface area contributed by atoms with Crippen LogP contribution in [0.15, 0.2) is 22.8 Å². The lowest BCUT2D eigenvalue weighted by molar-refractivity contribution is 0.0537. The Balaban J connectivity index is 2.32. The Morgan fingerprint density at radius 3 is 2.42 bits per heavy atom. The van der Waals surface area contributed by atoms with E-state index in [-0.39, 0.29) is 5.54 Å². The molecule has 0 spiro atoms. The van der Waals surface area contributed by atoms with Crippen LogP contribution >= 0.6 is 0 Å². The summed E-state index contributed by atoms with van der Waals surface area (Å²) in [4.78, 5) is 2.68. The largest absolute Gasteiger partial charge is 0.468 e. The van der Waals surface area contributed by atoms with E-state index in [1.807, 2.05) is 6.07 Å². The van der Waals surface area contributed by atoms with Gasteiger partial charge in [0.2, 0.25) is 0 Å². The molecule has 0 saturated carbocycles. The van der Waals surface area contributed by atoms with Crippen molar-refractivity contribution in [1.29, 1.82) is 0 Å². The number of furan rings is 1. The van der Waals surface area contributed by atoms with Crippen LogP contribution in [0.1, 0.15) is 58.3 Å². The highest BCUT2D eigenvalue weighted by atomic mass is 16.3. The highest BCUT2D eigenvalue weighted by Gasteiger charge is 2.43. The predicted octanol–water partition coefficient (Wildman–Crippen LogP) is 3.58. The molecule has 0 aromatic carbocycles. The smallest absolute Gasteiger partial charge is 0.122 e. The van der Waals surface area contributed by atoms with E-state index >= 15 is 0 Å². The van der Waals surface area contributed by atoms with E-state index in [9.17, 15) is 0 Å². The second-order valence-corrected chi connectivity index (χ2v) is 5.51. The highest BCUT2D eigenvalue weighted by Crippen LogP contribution is 2.39. The average Bonchev–Trinajstić information content (AvgIpc) is 3.13. The van der Waals surface area contributed by atoms with Gasteiger partial charge in [-0.1, -0.05) is 20.8 Å². The maximum atomic E-state index is 5.73. The van der Waals surface area contributed by atoms with E-state index in [2.05, 4.69) is 37.1 Å². The van der Waals surface area contributed by atoms with Crippen LogP contribution in [0, 0.1) is 0 Å². The van der Waals surface area contributed by atoms with Crippen molar-refractivity contribution in [1.82, 2.24) is 10.2 Å². The SMILES string of the molecule is CCNC(c1ccco1)C(CC)(CC)N1CCCC1. The zero-order valence-electron chi connectivity index (χ0n) is 12.6. The van der Waals surface area contributed by atoms with Crippen LogP contribution in [0.25, 0.3) is 0 Å². The molecule has 1 aliphatic heterocycles. The molecule has 1 aliphatic rings. The van der Waals surface area contributed by atoms with Crippen molar-refractivity contribution >= 4 is 0 Å². The van der Waals surface area contributed by atoms with Gasteiger partial charge in [-0.05, 0) is 57.5 Å². The third-order valence-electron chi connectivity index (χ3n) is 4.73. The highest BCUT2D eigenvalue weighted by molar-refractivity contribution is 5.14. The summed E-state index contributed by atoms with van der Waals surface area (Å²) in [5.41, 5.74) is 0.185. The number of hydrogen-bond donors (Lipinski definition) is 1. The fourth-order valence-corrected chi connectivity index (χ4v) is 3.67. The van der Waals surface area contributed by atoms with Crippen molar-refractivity contribution in [3.05, 3.63) is 24.2 Å². The summed E-state index contributed by atoms with van der Waals surface area (Å²) in [5, 5.41) is 3.67. The molecule has 0 aliphatic carbocycles. The first-order valence-corrected chi connectivity index (χ1v) is 7.80. The number of nitrogens with zero attached hydrogens (tertiary/aromatic N) is 1. The van der Waals surface area contributed by atoms with E-state index in [0.29, 0.717) is 6.04 Å². The van der Waals surface area contributed by atoms with Crippen molar-refractivity contribution in [2.45, 2.75) is 58.0 Å². The molecule has 2 rings (SSSR count). The van der Waals surface area contributed by atoms with Crippen LogP contribution in [0.4, 0.5) is 0 Å². The van der Waals surface area contributed by atoms with Gasteiger partial charge in [-0.2, -0.15) is 0 Å². The van der Waals surface area contributed by atoms with Crippen LogP contribution in [0.5, 0.6) is 0 Å². The Morgan fingerprint density at radius 2 is 1.95 bits per heavy atom. The lowest BCUT2D eigenvalue weighted by Crippen LogP contribution is -2.55. The molecule has 1 unspecified atom stereocenters. The maximum absolute atomic E-state index is 5.73. The van der Waals surface area contributed by atoms with Crippen molar-refractivity contribution in [2.75, 3.05) is 19.6 Å². The molecule has 1 aromatic rings. The number of rotatable bonds is 7. The summed E-state index contributed by atoms with van der Waals surface area (Å²) in [6, 6.07) is 4.41. The van der Waals surface area contributed by atoms with Gasteiger partial charge in [0.25, 0.3) is 0 Å². The molecule has 1 saturated heterocycles. The van der Waals surface area contributed by atoms with E-state index < -0.39 is 0 Å². The summed E-state index contributed by atoms with van der Waals surface area (Å²) in [7, 11) is 0. The Bertz CT molecular complexity index is 351. The number of nitrogens with one attached hydrogen (secondary N) is 1. The second kappa shape index (κ2) is 6.58. The van der Waals surface area contributed by atoms with E-state index in [1.165, 1.54) is 25.9 Å². The lowest BCUT2D eigenvalue weighted by atomic mass is 9.81. The monoisotopic (exact) mass is 264 g/mol. The molecule has 0 radical (unpaired) electrons. The fourth-order valence-electron chi connectivity index (χ4n) is 3.67. The predicted molar refractivity (Wildman–Crippen MR) is 79.2 cm³/mol. The van der Waals surface area contributed by atoms with Gasteiger partial charge in [0.05, 0.1) is 12.3 Å². The first-order valence-electron chi connectivity index (χ1n) is 7.80.